The van der Waals surface area contributed by atoms with Crippen LogP contribution in [-0.4, -0.2) is 62.0 Å². The van der Waals surface area contributed by atoms with Crippen molar-refractivity contribution in [1.29, 1.82) is 0 Å². The molecule has 0 radical (unpaired) electrons. The fourth-order valence-electron chi connectivity index (χ4n) is 3.60. The van der Waals surface area contributed by atoms with Crippen molar-refractivity contribution in [3.8, 4) is 22.7 Å². The van der Waals surface area contributed by atoms with Crippen molar-refractivity contribution in [3.05, 3.63) is 64.3 Å². The Morgan fingerprint density at radius 2 is 1.76 bits per heavy atom. The lowest BCUT2D eigenvalue weighted by Crippen LogP contribution is -2.15. The maximum atomic E-state index is 12.9. The van der Waals surface area contributed by atoms with Crippen LogP contribution < -0.4 is 4.74 Å². The molecule has 178 valence electrons. The first-order valence-corrected chi connectivity index (χ1v) is 11.3. The van der Waals surface area contributed by atoms with Gasteiger partial charge in [-0.05, 0) is 30.3 Å². The number of esters is 2. The molecule has 10 heteroatoms. The van der Waals surface area contributed by atoms with Crippen LogP contribution in [0.3, 0.4) is 0 Å². The van der Waals surface area contributed by atoms with Crippen LogP contribution >= 0.6 is 15.9 Å². The number of carbonyl (C=O) groups excluding carboxylic acids is 2. The number of aromatic nitrogens is 2. The van der Waals surface area contributed by atoms with Gasteiger partial charge < -0.3 is 23.7 Å². The minimum atomic E-state index is -0.726. The highest BCUT2D eigenvalue weighted by atomic mass is 79.9. The van der Waals surface area contributed by atoms with Gasteiger partial charge in [0.2, 0.25) is 0 Å². The van der Waals surface area contributed by atoms with Crippen molar-refractivity contribution in [2.45, 2.75) is 12.7 Å². The Bertz CT molecular complexity index is 1170. The molecular weight excluding hydrogens is 508 g/mol. The zero-order chi connectivity index (χ0) is 24.1. The zero-order valence-electron chi connectivity index (χ0n) is 18.7. The lowest BCUT2D eigenvalue weighted by Gasteiger charge is -2.13. The van der Waals surface area contributed by atoms with E-state index < -0.39 is 11.9 Å². The van der Waals surface area contributed by atoms with E-state index >= 15 is 0 Å². The van der Waals surface area contributed by atoms with Crippen LogP contribution in [0.25, 0.3) is 16.9 Å². The van der Waals surface area contributed by atoms with Crippen LogP contribution in [0.4, 0.5) is 0 Å². The van der Waals surface area contributed by atoms with E-state index in [0.717, 1.165) is 4.47 Å². The standard InChI is InChI=1S/C24H23BrN2O7/c1-30-23(28)20-21(26-27(22(20)24(29)31-2)16-6-4-3-5-7-16)17-14-15(25)8-9-18(17)32-11-10-19-33-12-13-34-19/h3-9,14,19H,10-13H2,1-2H3. The molecule has 1 aliphatic heterocycles. The van der Waals surface area contributed by atoms with E-state index in [2.05, 4.69) is 21.0 Å². The molecule has 0 unspecified atom stereocenters. The summed E-state index contributed by atoms with van der Waals surface area (Å²) in [5, 5.41) is 4.64. The number of nitrogens with zero attached hydrogens (tertiary/aromatic N) is 2. The van der Waals surface area contributed by atoms with Crippen LogP contribution in [0, 0.1) is 0 Å². The summed E-state index contributed by atoms with van der Waals surface area (Å²) in [4.78, 5) is 25.7. The molecule has 0 aliphatic carbocycles. The topological polar surface area (TPSA) is 98.1 Å². The number of rotatable bonds is 8. The molecule has 0 saturated carbocycles. The molecule has 1 aliphatic rings. The van der Waals surface area contributed by atoms with Crippen molar-refractivity contribution in [3.63, 3.8) is 0 Å². The molecule has 0 atom stereocenters. The molecule has 3 aromatic rings. The number of carbonyl (C=O) groups is 2. The van der Waals surface area contributed by atoms with Crippen molar-refractivity contribution in [1.82, 2.24) is 9.78 Å². The molecule has 4 rings (SSSR count). The SMILES string of the molecule is COC(=O)c1c(-c2cc(Br)ccc2OCCC2OCCO2)nn(-c2ccccc2)c1C(=O)OC. The Kier molecular flexibility index (Phi) is 7.61. The van der Waals surface area contributed by atoms with Crippen LogP contribution in [0.2, 0.25) is 0 Å². The van der Waals surface area contributed by atoms with Gasteiger partial charge in [0.25, 0.3) is 0 Å². The maximum absolute atomic E-state index is 12.9. The Morgan fingerprint density at radius 1 is 1.06 bits per heavy atom. The highest BCUT2D eigenvalue weighted by Gasteiger charge is 2.32. The van der Waals surface area contributed by atoms with E-state index in [1.165, 1.54) is 18.9 Å². The Labute approximate surface area is 204 Å². The van der Waals surface area contributed by atoms with Crippen LogP contribution in [-0.2, 0) is 18.9 Å². The molecule has 2 aromatic carbocycles. The Hall–Kier alpha value is -3.21. The predicted octanol–water partition coefficient (Wildman–Crippen LogP) is 4.02. The van der Waals surface area contributed by atoms with Crippen LogP contribution in [0.5, 0.6) is 5.75 Å². The quantitative estimate of drug-likeness (QED) is 0.403. The highest BCUT2D eigenvalue weighted by Crippen LogP contribution is 2.37. The number of para-hydroxylation sites is 1. The van der Waals surface area contributed by atoms with Gasteiger partial charge in [0.1, 0.15) is 17.0 Å². The second-order valence-electron chi connectivity index (χ2n) is 7.25. The van der Waals surface area contributed by atoms with Crippen LogP contribution in [0.15, 0.2) is 53.0 Å². The van der Waals surface area contributed by atoms with Gasteiger partial charge in [0, 0.05) is 16.5 Å². The second-order valence-corrected chi connectivity index (χ2v) is 8.17. The number of benzene rings is 2. The summed E-state index contributed by atoms with van der Waals surface area (Å²) in [5.74, 6) is -0.979. The minimum Gasteiger partial charge on any atom is -0.493 e. The first kappa shape index (κ1) is 23.9. The fourth-order valence-corrected chi connectivity index (χ4v) is 3.96. The molecule has 0 N–H and O–H groups in total. The smallest absolute Gasteiger partial charge is 0.357 e. The fraction of sp³-hybridized carbons (Fsp3) is 0.292. The molecule has 34 heavy (non-hydrogen) atoms. The lowest BCUT2D eigenvalue weighted by molar-refractivity contribution is -0.0531. The molecule has 2 heterocycles. The first-order chi connectivity index (χ1) is 16.5. The molecule has 1 fully saturated rings. The molecule has 0 bridgehead atoms. The van der Waals surface area contributed by atoms with E-state index in [4.69, 9.17) is 23.7 Å². The number of hydrogen-bond donors (Lipinski definition) is 0. The van der Waals surface area contributed by atoms with Crippen molar-refractivity contribution in [2.24, 2.45) is 0 Å². The monoisotopic (exact) mass is 530 g/mol. The normalized spacial score (nSPS) is 13.6. The molecule has 0 amide bonds. The third-order valence-corrected chi connectivity index (χ3v) is 5.65. The Morgan fingerprint density at radius 3 is 2.44 bits per heavy atom. The van der Waals surface area contributed by atoms with Gasteiger partial charge in [-0.25, -0.2) is 14.3 Å². The minimum absolute atomic E-state index is 0.0244. The van der Waals surface area contributed by atoms with E-state index in [0.29, 0.717) is 43.2 Å². The van der Waals surface area contributed by atoms with Crippen molar-refractivity contribution in [2.75, 3.05) is 34.0 Å². The molecular formula is C24H23BrN2O7. The van der Waals surface area contributed by atoms with E-state index in [9.17, 15) is 9.59 Å². The summed E-state index contributed by atoms with van der Waals surface area (Å²) < 4.78 is 29.0. The molecule has 1 saturated heterocycles. The van der Waals surface area contributed by atoms with Gasteiger partial charge in [-0.3, -0.25) is 0 Å². The molecule has 9 nitrogen and oxygen atoms in total. The first-order valence-electron chi connectivity index (χ1n) is 10.5. The largest absolute Gasteiger partial charge is 0.493 e. The summed E-state index contributed by atoms with van der Waals surface area (Å²) in [6, 6.07) is 14.3. The third kappa shape index (κ3) is 4.98. The number of hydrogen-bond acceptors (Lipinski definition) is 8. The zero-order valence-corrected chi connectivity index (χ0v) is 20.2. The van der Waals surface area contributed by atoms with E-state index in [-0.39, 0.29) is 23.2 Å². The summed E-state index contributed by atoms with van der Waals surface area (Å²) in [6.45, 7) is 1.43. The average Bonchev–Trinajstić information content (AvgIpc) is 3.52. The maximum Gasteiger partial charge on any atom is 0.357 e. The highest BCUT2D eigenvalue weighted by molar-refractivity contribution is 9.10. The Balaban J connectivity index is 1.83. The number of methoxy groups -OCH3 is 2. The summed E-state index contributed by atoms with van der Waals surface area (Å²) in [5.41, 5.74) is 1.23. The molecule has 0 spiro atoms. The van der Waals surface area contributed by atoms with Crippen molar-refractivity contribution >= 4 is 27.9 Å². The van der Waals surface area contributed by atoms with Crippen molar-refractivity contribution < 1.29 is 33.3 Å². The van der Waals surface area contributed by atoms with Gasteiger partial charge in [-0.15, -0.1) is 0 Å². The van der Waals surface area contributed by atoms with E-state index in [1.54, 1.807) is 36.4 Å². The van der Waals surface area contributed by atoms with Gasteiger partial charge >= 0.3 is 11.9 Å². The average molecular weight is 531 g/mol. The molecule has 1 aromatic heterocycles. The summed E-state index contributed by atoms with van der Waals surface area (Å²) >= 11 is 3.47. The summed E-state index contributed by atoms with van der Waals surface area (Å²) in [7, 11) is 2.49. The van der Waals surface area contributed by atoms with Gasteiger partial charge in [-0.2, -0.15) is 5.10 Å². The van der Waals surface area contributed by atoms with E-state index in [1.807, 2.05) is 12.1 Å². The van der Waals surface area contributed by atoms with Gasteiger partial charge in [0.05, 0.1) is 39.7 Å². The second kappa shape index (κ2) is 10.8. The van der Waals surface area contributed by atoms with Crippen LogP contribution in [0.1, 0.15) is 27.3 Å². The summed E-state index contributed by atoms with van der Waals surface area (Å²) in [6.07, 6.45) is 0.221. The number of ether oxygens (including phenoxy) is 5. The van der Waals surface area contributed by atoms with Gasteiger partial charge in [0.15, 0.2) is 12.0 Å². The lowest BCUT2D eigenvalue weighted by atomic mass is 10.0. The number of halogens is 1. The van der Waals surface area contributed by atoms with Gasteiger partial charge in [-0.1, -0.05) is 34.1 Å². The third-order valence-electron chi connectivity index (χ3n) is 5.15. The predicted molar refractivity (Wildman–Crippen MR) is 125 cm³/mol.